The third-order valence-corrected chi connectivity index (χ3v) is 3.35. The predicted molar refractivity (Wildman–Crippen MR) is 63.9 cm³/mol. The van der Waals surface area contributed by atoms with E-state index in [1.54, 1.807) is 30.1 Å². The van der Waals surface area contributed by atoms with Crippen LogP contribution in [0, 0.1) is 5.82 Å². The molecule has 2 rings (SSSR count). The van der Waals surface area contributed by atoms with Gasteiger partial charge >= 0.3 is 0 Å². The molecule has 0 saturated heterocycles. The minimum absolute atomic E-state index is 0.183. The normalized spacial score (nSPS) is 10.6. The van der Waals surface area contributed by atoms with E-state index in [9.17, 15) is 4.39 Å². The fourth-order valence-corrected chi connectivity index (χ4v) is 2.42. The van der Waals surface area contributed by atoms with E-state index in [1.807, 2.05) is 12.3 Å². The highest BCUT2D eigenvalue weighted by Crippen LogP contribution is 2.21. The first-order valence-electron chi connectivity index (χ1n) is 5.18. The number of hydrogen-bond acceptors (Lipinski definition) is 2. The molecule has 0 saturated carbocycles. The van der Waals surface area contributed by atoms with Crippen molar-refractivity contribution in [3.05, 3.63) is 48.0 Å². The molecule has 1 aromatic carbocycles. The van der Waals surface area contributed by atoms with Gasteiger partial charge in [-0.05, 0) is 24.6 Å². The third-order valence-electron chi connectivity index (χ3n) is 2.27. The number of halogens is 1. The SMILES string of the molecule is CCn1ccnc1SCc1cccc(F)c1. The molecule has 0 unspecified atom stereocenters. The highest BCUT2D eigenvalue weighted by Gasteiger charge is 2.02. The maximum absolute atomic E-state index is 12.9. The Morgan fingerprint density at radius 2 is 2.31 bits per heavy atom. The van der Waals surface area contributed by atoms with Gasteiger partial charge in [-0.25, -0.2) is 9.37 Å². The summed E-state index contributed by atoms with van der Waals surface area (Å²) >= 11 is 1.63. The van der Waals surface area contributed by atoms with Crippen molar-refractivity contribution in [2.75, 3.05) is 0 Å². The molecule has 0 amide bonds. The molecule has 16 heavy (non-hydrogen) atoms. The van der Waals surface area contributed by atoms with Crippen molar-refractivity contribution in [2.24, 2.45) is 0 Å². The van der Waals surface area contributed by atoms with Gasteiger partial charge in [0.25, 0.3) is 0 Å². The van der Waals surface area contributed by atoms with Crippen LogP contribution in [0.25, 0.3) is 0 Å². The van der Waals surface area contributed by atoms with E-state index in [2.05, 4.69) is 16.5 Å². The Morgan fingerprint density at radius 3 is 3.06 bits per heavy atom. The first kappa shape index (κ1) is 11.2. The van der Waals surface area contributed by atoms with Gasteiger partial charge in [0.15, 0.2) is 5.16 Å². The van der Waals surface area contributed by atoms with Gasteiger partial charge in [-0.15, -0.1) is 0 Å². The van der Waals surface area contributed by atoms with Crippen LogP contribution in [-0.4, -0.2) is 9.55 Å². The highest BCUT2D eigenvalue weighted by atomic mass is 32.2. The number of nitrogens with zero attached hydrogens (tertiary/aromatic N) is 2. The summed E-state index contributed by atoms with van der Waals surface area (Å²) in [7, 11) is 0. The Morgan fingerprint density at radius 1 is 1.44 bits per heavy atom. The van der Waals surface area contributed by atoms with E-state index in [0.717, 1.165) is 23.0 Å². The monoisotopic (exact) mass is 236 g/mol. The number of imidazole rings is 1. The molecule has 84 valence electrons. The standard InChI is InChI=1S/C12H13FN2S/c1-2-15-7-6-14-12(15)16-9-10-4-3-5-11(13)8-10/h3-8H,2,9H2,1H3. The Hall–Kier alpha value is -1.29. The summed E-state index contributed by atoms with van der Waals surface area (Å²) in [5.74, 6) is 0.561. The maximum atomic E-state index is 12.9. The van der Waals surface area contributed by atoms with Gasteiger partial charge in [0.05, 0.1) is 0 Å². The van der Waals surface area contributed by atoms with Crippen molar-refractivity contribution < 1.29 is 4.39 Å². The minimum Gasteiger partial charge on any atom is -0.326 e. The summed E-state index contributed by atoms with van der Waals surface area (Å²) in [6.07, 6.45) is 3.74. The topological polar surface area (TPSA) is 17.8 Å². The molecular formula is C12H13FN2S. The zero-order valence-electron chi connectivity index (χ0n) is 9.06. The van der Waals surface area contributed by atoms with Crippen LogP contribution in [-0.2, 0) is 12.3 Å². The molecule has 0 radical (unpaired) electrons. The molecule has 0 fully saturated rings. The fourth-order valence-electron chi connectivity index (χ4n) is 1.45. The number of aryl methyl sites for hydroxylation is 1. The molecule has 2 aromatic rings. The third kappa shape index (κ3) is 2.64. The second-order valence-electron chi connectivity index (χ2n) is 3.41. The molecule has 4 heteroatoms. The molecule has 0 aliphatic rings. The lowest BCUT2D eigenvalue weighted by Crippen LogP contribution is -1.94. The average molecular weight is 236 g/mol. The lowest BCUT2D eigenvalue weighted by atomic mass is 10.2. The summed E-state index contributed by atoms with van der Waals surface area (Å²) in [5.41, 5.74) is 0.982. The van der Waals surface area contributed by atoms with Crippen molar-refractivity contribution in [3.8, 4) is 0 Å². The average Bonchev–Trinajstić information content (AvgIpc) is 2.74. The first-order chi connectivity index (χ1) is 7.79. The summed E-state index contributed by atoms with van der Waals surface area (Å²) < 4.78 is 15.0. The number of rotatable bonds is 4. The van der Waals surface area contributed by atoms with E-state index >= 15 is 0 Å². The highest BCUT2D eigenvalue weighted by molar-refractivity contribution is 7.98. The number of thioether (sulfide) groups is 1. The molecule has 0 atom stereocenters. The van der Waals surface area contributed by atoms with Crippen LogP contribution in [0.5, 0.6) is 0 Å². The van der Waals surface area contributed by atoms with Crippen molar-refractivity contribution in [2.45, 2.75) is 24.4 Å². The molecule has 0 bridgehead atoms. The van der Waals surface area contributed by atoms with Gasteiger partial charge in [-0.2, -0.15) is 0 Å². The summed E-state index contributed by atoms with van der Waals surface area (Å²) in [5, 5.41) is 0.978. The molecule has 2 nitrogen and oxygen atoms in total. The summed E-state index contributed by atoms with van der Waals surface area (Å²) in [6.45, 7) is 2.99. The van der Waals surface area contributed by atoms with Crippen LogP contribution in [0.4, 0.5) is 4.39 Å². The minimum atomic E-state index is -0.183. The van der Waals surface area contributed by atoms with Gasteiger partial charge in [0.1, 0.15) is 5.82 Å². The number of hydrogen-bond donors (Lipinski definition) is 0. The molecule has 0 aliphatic carbocycles. The van der Waals surface area contributed by atoms with Gasteiger partial charge in [0, 0.05) is 24.7 Å². The van der Waals surface area contributed by atoms with Crippen LogP contribution in [0.3, 0.4) is 0 Å². The van der Waals surface area contributed by atoms with Gasteiger partial charge < -0.3 is 4.57 Å². The Bertz CT molecular complexity index is 468. The van der Waals surface area contributed by atoms with E-state index in [-0.39, 0.29) is 5.82 Å². The van der Waals surface area contributed by atoms with Gasteiger partial charge in [0.2, 0.25) is 0 Å². The number of benzene rings is 1. The molecule has 0 spiro atoms. The zero-order chi connectivity index (χ0) is 11.4. The van der Waals surface area contributed by atoms with Crippen molar-refractivity contribution in [3.63, 3.8) is 0 Å². The van der Waals surface area contributed by atoms with Crippen LogP contribution >= 0.6 is 11.8 Å². The van der Waals surface area contributed by atoms with E-state index in [1.165, 1.54) is 6.07 Å². The number of aromatic nitrogens is 2. The quantitative estimate of drug-likeness (QED) is 0.758. The van der Waals surface area contributed by atoms with Crippen molar-refractivity contribution >= 4 is 11.8 Å². The lowest BCUT2D eigenvalue weighted by Gasteiger charge is -2.04. The van der Waals surface area contributed by atoms with Gasteiger partial charge in [-0.3, -0.25) is 0 Å². The van der Waals surface area contributed by atoms with Crippen LogP contribution in [0.15, 0.2) is 41.8 Å². The van der Waals surface area contributed by atoms with Crippen LogP contribution in [0.1, 0.15) is 12.5 Å². The lowest BCUT2D eigenvalue weighted by molar-refractivity contribution is 0.626. The smallest absolute Gasteiger partial charge is 0.168 e. The molecule has 0 N–H and O–H groups in total. The fraction of sp³-hybridized carbons (Fsp3) is 0.250. The van der Waals surface area contributed by atoms with Crippen LogP contribution < -0.4 is 0 Å². The van der Waals surface area contributed by atoms with Crippen molar-refractivity contribution in [1.29, 1.82) is 0 Å². The van der Waals surface area contributed by atoms with E-state index in [0.29, 0.717) is 0 Å². The molecule has 0 aliphatic heterocycles. The van der Waals surface area contributed by atoms with E-state index in [4.69, 9.17) is 0 Å². The first-order valence-corrected chi connectivity index (χ1v) is 6.16. The second-order valence-corrected chi connectivity index (χ2v) is 4.36. The Balaban J connectivity index is 2.02. The predicted octanol–water partition coefficient (Wildman–Crippen LogP) is 3.33. The summed E-state index contributed by atoms with van der Waals surface area (Å²) in [6, 6.07) is 6.68. The zero-order valence-corrected chi connectivity index (χ0v) is 9.88. The molecule has 1 heterocycles. The Kier molecular flexibility index (Phi) is 3.62. The van der Waals surface area contributed by atoms with Crippen molar-refractivity contribution in [1.82, 2.24) is 9.55 Å². The van der Waals surface area contributed by atoms with E-state index < -0.39 is 0 Å². The maximum Gasteiger partial charge on any atom is 0.168 e. The largest absolute Gasteiger partial charge is 0.326 e. The van der Waals surface area contributed by atoms with Gasteiger partial charge in [-0.1, -0.05) is 23.9 Å². The summed E-state index contributed by atoms with van der Waals surface area (Å²) in [4.78, 5) is 4.26. The molecule has 1 aromatic heterocycles. The van der Waals surface area contributed by atoms with Crippen LogP contribution in [0.2, 0.25) is 0 Å². The second kappa shape index (κ2) is 5.16. The Labute approximate surface area is 98.5 Å². The molecular weight excluding hydrogens is 223 g/mol.